The average Bonchev–Trinajstić information content (AvgIpc) is 2.72. The summed E-state index contributed by atoms with van der Waals surface area (Å²) in [4.78, 5) is 15.4. The second kappa shape index (κ2) is 6.52. The summed E-state index contributed by atoms with van der Waals surface area (Å²) in [6.45, 7) is 2.00. The van der Waals surface area contributed by atoms with Gasteiger partial charge in [0.2, 0.25) is 0 Å². The molecule has 0 bridgehead atoms. The molecular weight excluding hydrogens is 288 g/mol. The summed E-state index contributed by atoms with van der Waals surface area (Å²) in [6, 6.07) is 8.44. The molecule has 126 valence electrons. The first-order valence-corrected chi connectivity index (χ1v) is 8.26. The summed E-state index contributed by atoms with van der Waals surface area (Å²) in [5, 5.41) is 0. The summed E-state index contributed by atoms with van der Waals surface area (Å²) in [7, 11) is 0. The predicted molar refractivity (Wildman–Crippen MR) is 91.2 cm³/mol. The molecule has 0 spiro atoms. The molecule has 0 saturated carbocycles. The van der Waals surface area contributed by atoms with Crippen molar-refractivity contribution in [2.45, 2.75) is 51.8 Å². The molecule has 2 fully saturated rings. The van der Waals surface area contributed by atoms with Crippen LogP contribution in [0.15, 0.2) is 30.3 Å². The van der Waals surface area contributed by atoms with Gasteiger partial charge in [-0.2, -0.15) is 0 Å². The van der Waals surface area contributed by atoms with Crippen LogP contribution in [0.25, 0.3) is 0 Å². The molecule has 0 aliphatic carbocycles. The maximum absolute atomic E-state index is 12.7. The van der Waals surface area contributed by atoms with Gasteiger partial charge in [0.15, 0.2) is 0 Å². The third-order valence-corrected chi connectivity index (χ3v) is 4.05. The number of carbonyl (C=O) groups excluding carboxylic acids is 1. The minimum Gasteiger partial charge on any atom is -0.444 e. The van der Waals surface area contributed by atoms with Crippen LogP contribution in [0.4, 0.5) is 4.79 Å². The monoisotopic (exact) mass is 320 g/mol. The van der Waals surface area contributed by atoms with E-state index in [9.17, 15) is 4.79 Å². The van der Waals surface area contributed by atoms with Crippen molar-refractivity contribution in [2.75, 3.05) is 19.5 Å². The van der Waals surface area contributed by atoms with Gasteiger partial charge < -0.3 is 9.64 Å². The number of carbonyl (C=O) groups is 1. The maximum atomic E-state index is 12.7. The van der Waals surface area contributed by atoms with Gasteiger partial charge in [0.1, 0.15) is 5.60 Å². The molecule has 2 saturated heterocycles. The van der Waals surface area contributed by atoms with Crippen LogP contribution < -0.4 is 0 Å². The Hall–Kier alpha value is -1.55. The molecule has 1 amide bonds. The van der Waals surface area contributed by atoms with Gasteiger partial charge in [0.25, 0.3) is 0 Å². The molecule has 3 rings (SSSR count). The van der Waals surface area contributed by atoms with Crippen molar-refractivity contribution in [2.24, 2.45) is 5.92 Å². The van der Waals surface area contributed by atoms with Crippen molar-refractivity contribution in [1.29, 1.82) is 0 Å². The normalized spacial score (nSPS) is 32.2. The van der Waals surface area contributed by atoms with Crippen molar-refractivity contribution in [3.63, 3.8) is 0 Å². The highest BCUT2D eigenvalue weighted by Gasteiger charge is 2.42. The van der Waals surface area contributed by atoms with E-state index in [2.05, 4.69) is 0 Å². The Balaban J connectivity index is 1.93. The fourth-order valence-electron chi connectivity index (χ4n) is 3.07. The molecule has 1 aromatic carbocycles. The molecule has 2 aliphatic heterocycles. The van der Waals surface area contributed by atoms with E-state index >= 15 is 0 Å². The number of nitrogens with zero attached hydrogens (tertiary/aromatic N) is 2. The lowest BCUT2D eigenvalue weighted by Crippen LogP contribution is -2.50. The highest BCUT2D eigenvalue weighted by atomic mass is 16.6. The van der Waals surface area contributed by atoms with E-state index in [-0.39, 0.29) is 6.54 Å². The van der Waals surface area contributed by atoms with Crippen molar-refractivity contribution in [3.05, 3.63) is 35.9 Å². The first-order valence-electron chi connectivity index (χ1n) is 10.3. The fourth-order valence-corrected chi connectivity index (χ4v) is 3.07. The Bertz CT molecular complexity index is 691. The zero-order valence-electron chi connectivity index (χ0n) is 18.1. The number of likely N-dealkylation sites (tertiary alicyclic amines) is 2. The largest absolute Gasteiger partial charge is 0.444 e. The molecule has 23 heavy (non-hydrogen) atoms. The van der Waals surface area contributed by atoms with E-state index in [1.807, 2.05) is 30.3 Å². The molecule has 4 nitrogen and oxygen atoms in total. The van der Waals surface area contributed by atoms with Gasteiger partial charge in [-0.15, -0.1) is 0 Å². The van der Waals surface area contributed by atoms with Gasteiger partial charge in [-0.05, 0) is 45.1 Å². The first kappa shape index (κ1) is 11.9. The number of hydrogen-bond donors (Lipinski definition) is 0. The van der Waals surface area contributed by atoms with Gasteiger partial charge in [0, 0.05) is 31.6 Å². The van der Waals surface area contributed by atoms with Gasteiger partial charge in [-0.3, -0.25) is 4.90 Å². The molecule has 0 N–H and O–H groups in total. The van der Waals surface area contributed by atoms with Crippen LogP contribution in [-0.2, 0) is 11.3 Å². The third-order valence-electron chi connectivity index (χ3n) is 4.05. The van der Waals surface area contributed by atoms with E-state index < -0.39 is 36.6 Å². The zero-order chi connectivity index (χ0) is 20.0. The quantitative estimate of drug-likeness (QED) is 0.836. The summed E-state index contributed by atoms with van der Waals surface area (Å²) in [5.41, 5.74) is 0.158. The van der Waals surface area contributed by atoms with E-state index in [0.717, 1.165) is 5.56 Å². The standard InChI is InChI=1S/C19H28N2O2/c1-19(2,3)23-18(22)21-11-7-10-16-13-20(14-17(16)21)12-15-8-5-4-6-9-15/h4-6,8-9,16-17H,7,10-14H2,1-3H3/i13D2,14D2. The molecule has 0 radical (unpaired) electrons. The van der Waals surface area contributed by atoms with Crippen LogP contribution in [0.2, 0.25) is 0 Å². The van der Waals surface area contributed by atoms with Crippen LogP contribution in [0, 0.1) is 5.92 Å². The first-order chi connectivity index (χ1) is 12.4. The molecule has 2 heterocycles. The molecular formula is C19H28N2O2. The highest BCUT2D eigenvalue weighted by molar-refractivity contribution is 5.69. The van der Waals surface area contributed by atoms with Crippen molar-refractivity contribution < 1.29 is 15.0 Å². The lowest BCUT2D eigenvalue weighted by Gasteiger charge is -2.37. The topological polar surface area (TPSA) is 32.8 Å². The van der Waals surface area contributed by atoms with Gasteiger partial charge in [-0.25, -0.2) is 4.79 Å². The summed E-state index contributed by atoms with van der Waals surface area (Å²) >= 11 is 0. The van der Waals surface area contributed by atoms with Crippen LogP contribution in [-0.4, -0.2) is 47.1 Å². The Morgan fingerprint density at radius 3 is 2.74 bits per heavy atom. The Morgan fingerprint density at radius 1 is 1.30 bits per heavy atom. The molecule has 2 atom stereocenters. The van der Waals surface area contributed by atoms with Gasteiger partial charge in [-0.1, -0.05) is 30.3 Å². The lowest BCUT2D eigenvalue weighted by molar-refractivity contribution is 0.00621. The number of amides is 1. The van der Waals surface area contributed by atoms with E-state index in [0.29, 0.717) is 19.4 Å². The minimum atomic E-state index is -2.00. The summed E-state index contributed by atoms with van der Waals surface area (Å²) in [6.07, 6.45) is 0.607. The predicted octanol–water partition coefficient (Wildman–Crippen LogP) is 3.52. The number of piperidine rings is 1. The zero-order valence-corrected chi connectivity index (χ0v) is 14.1. The Morgan fingerprint density at radius 2 is 2.04 bits per heavy atom. The summed E-state index contributed by atoms with van der Waals surface area (Å²) in [5.74, 6) is -0.600. The van der Waals surface area contributed by atoms with Crippen LogP contribution in [0.3, 0.4) is 0 Å². The van der Waals surface area contributed by atoms with Crippen LogP contribution in [0.1, 0.15) is 44.7 Å². The smallest absolute Gasteiger partial charge is 0.410 e. The molecule has 1 aromatic rings. The molecule has 2 aliphatic rings. The van der Waals surface area contributed by atoms with Crippen molar-refractivity contribution >= 4 is 6.09 Å². The van der Waals surface area contributed by atoms with E-state index in [1.165, 1.54) is 9.80 Å². The van der Waals surface area contributed by atoms with Crippen molar-refractivity contribution in [3.8, 4) is 0 Å². The van der Waals surface area contributed by atoms with E-state index in [1.54, 1.807) is 20.8 Å². The minimum absolute atomic E-state index is 0.149. The highest BCUT2D eigenvalue weighted by Crippen LogP contribution is 2.32. The van der Waals surface area contributed by atoms with Crippen molar-refractivity contribution in [1.82, 2.24) is 9.80 Å². The van der Waals surface area contributed by atoms with Gasteiger partial charge in [0.05, 0.1) is 6.04 Å². The summed E-state index contributed by atoms with van der Waals surface area (Å²) < 4.78 is 40.3. The Labute approximate surface area is 145 Å². The number of ether oxygens (including phenoxy) is 1. The second-order valence-electron chi connectivity index (χ2n) is 7.20. The SMILES string of the molecule is [2H]C1([2H])C2CCCN(C(=O)OC(C)(C)C)C2C([2H])([2H])N1Cc1ccccc1. The van der Waals surface area contributed by atoms with Crippen LogP contribution in [0.5, 0.6) is 0 Å². The molecule has 2 unspecified atom stereocenters. The van der Waals surface area contributed by atoms with E-state index in [4.69, 9.17) is 10.2 Å². The molecule has 4 heteroatoms. The van der Waals surface area contributed by atoms with Crippen LogP contribution >= 0.6 is 0 Å². The Kier molecular flexibility index (Phi) is 3.37. The number of rotatable bonds is 2. The number of hydrogen-bond acceptors (Lipinski definition) is 3. The van der Waals surface area contributed by atoms with Gasteiger partial charge >= 0.3 is 6.09 Å². The third kappa shape index (κ3) is 4.05. The molecule has 0 aromatic heterocycles. The maximum Gasteiger partial charge on any atom is 0.410 e. The average molecular weight is 320 g/mol. The fraction of sp³-hybridized carbons (Fsp3) is 0.632. The second-order valence-corrected chi connectivity index (χ2v) is 7.20. The number of fused-ring (bicyclic) bond motifs is 1. The lowest BCUT2D eigenvalue weighted by atomic mass is 9.92. The number of benzene rings is 1.